The molecule has 0 radical (unpaired) electrons. The van der Waals surface area contributed by atoms with Crippen molar-refractivity contribution in [2.45, 2.75) is 70.6 Å². The highest BCUT2D eigenvalue weighted by Gasteiger charge is 2.18. The van der Waals surface area contributed by atoms with E-state index in [9.17, 15) is 9.59 Å². The predicted molar refractivity (Wildman–Crippen MR) is 109 cm³/mol. The lowest BCUT2D eigenvalue weighted by atomic mass is 9.87. The van der Waals surface area contributed by atoms with Gasteiger partial charge in [-0.1, -0.05) is 38.5 Å². The van der Waals surface area contributed by atoms with Crippen LogP contribution in [-0.4, -0.2) is 29.9 Å². The molecule has 0 saturated heterocycles. The molecule has 0 bridgehead atoms. The van der Waals surface area contributed by atoms with Gasteiger partial charge in [-0.05, 0) is 49.7 Å². The average Bonchev–Trinajstić information content (AvgIpc) is 2.73. The molecule has 6 heteroatoms. The molecule has 2 aliphatic rings. The molecule has 3 rings (SSSR count). The zero-order valence-corrected chi connectivity index (χ0v) is 16.8. The van der Waals surface area contributed by atoms with Gasteiger partial charge in [0.2, 0.25) is 11.8 Å². The van der Waals surface area contributed by atoms with Crippen molar-refractivity contribution in [2.75, 3.05) is 18.5 Å². The van der Waals surface area contributed by atoms with Crippen LogP contribution in [0.4, 0.5) is 5.82 Å². The summed E-state index contributed by atoms with van der Waals surface area (Å²) in [5.41, 5.74) is 0. The molecule has 154 valence electrons. The van der Waals surface area contributed by atoms with E-state index in [2.05, 4.69) is 15.6 Å². The van der Waals surface area contributed by atoms with Gasteiger partial charge in [-0.3, -0.25) is 9.59 Å². The molecule has 6 nitrogen and oxygen atoms in total. The molecule has 0 aromatic carbocycles. The number of ether oxygens (including phenoxy) is 1. The fourth-order valence-corrected chi connectivity index (χ4v) is 4.24. The molecule has 2 amide bonds. The van der Waals surface area contributed by atoms with Crippen molar-refractivity contribution in [1.82, 2.24) is 10.3 Å². The highest BCUT2D eigenvalue weighted by atomic mass is 16.5. The summed E-state index contributed by atoms with van der Waals surface area (Å²) < 4.78 is 5.94. The number of hydrogen-bond acceptors (Lipinski definition) is 4. The zero-order chi connectivity index (χ0) is 19.6. The van der Waals surface area contributed by atoms with Crippen LogP contribution >= 0.6 is 0 Å². The molecule has 0 aliphatic heterocycles. The number of aromatic nitrogens is 1. The zero-order valence-electron chi connectivity index (χ0n) is 16.8. The monoisotopic (exact) mass is 387 g/mol. The first-order valence-corrected chi connectivity index (χ1v) is 10.8. The van der Waals surface area contributed by atoms with Crippen LogP contribution < -0.4 is 15.4 Å². The van der Waals surface area contributed by atoms with Gasteiger partial charge in [0.05, 0.1) is 13.2 Å². The molecule has 2 fully saturated rings. The van der Waals surface area contributed by atoms with Gasteiger partial charge in [-0.15, -0.1) is 0 Å². The lowest BCUT2D eigenvalue weighted by molar-refractivity contribution is -0.125. The van der Waals surface area contributed by atoms with Gasteiger partial charge < -0.3 is 15.4 Å². The van der Waals surface area contributed by atoms with E-state index in [0.29, 0.717) is 36.4 Å². The summed E-state index contributed by atoms with van der Waals surface area (Å²) in [4.78, 5) is 28.6. The molecule has 1 heterocycles. The standard InChI is InChI=1S/C22H33N3O3/c26-20(14-17-8-3-1-4-9-17)24-15-21(27)25-22-19(12-7-13-23-22)28-16-18-10-5-2-6-11-18/h7,12-13,17-18H,1-6,8-11,14-16H2,(H,24,26)(H,23,25,27). The van der Waals surface area contributed by atoms with Gasteiger partial charge in [-0.2, -0.15) is 0 Å². The molecule has 28 heavy (non-hydrogen) atoms. The Bertz CT molecular complexity index is 638. The van der Waals surface area contributed by atoms with E-state index in [0.717, 1.165) is 12.8 Å². The first kappa shape index (κ1) is 20.6. The van der Waals surface area contributed by atoms with Crippen LogP contribution in [0.5, 0.6) is 5.75 Å². The summed E-state index contributed by atoms with van der Waals surface area (Å²) in [5.74, 6) is 1.74. The molecule has 0 atom stereocenters. The molecular weight excluding hydrogens is 354 g/mol. The number of nitrogens with zero attached hydrogens (tertiary/aromatic N) is 1. The summed E-state index contributed by atoms with van der Waals surface area (Å²) in [6, 6.07) is 3.63. The minimum Gasteiger partial charge on any atom is -0.489 e. The normalized spacial score (nSPS) is 18.4. The second-order valence-electron chi connectivity index (χ2n) is 8.20. The second-order valence-corrected chi connectivity index (χ2v) is 8.20. The van der Waals surface area contributed by atoms with Crippen molar-refractivity contribution in [3.8, 4) is 5.75 Å². The minimum absolute atomic E-state index is 0.0375. The van der Waals surface area contributed by atoms with E-state index in [4.69, 9.17) is 4.74 Å². The summed E-state index contributed by atoms with van der Waals surface area (Å²) in [6.07, 6.45) is 14.3. The summed E-state index contributed by atoms with van der Waals surface area (Å²) in [5, 5.41) is 5.50. The minimum atomic E-state index is -0.279. The van der Waals surface area contributed by atoms with Crippen LogP contribution in [0.1, 0.15) is 70.6 Å². The van der Waals surface area contributed by atoms with Gasteiger partial charge in [0, 0.05) is 12.6 Å². The predicted octanol–water partition coefficient (Wildman–Crippen LogP) is 4.07. The topological polar surface area (TPSA) is 80.3 Å². The maximum absolute atomic E-state index is 12.2. The molecule has 1 aromatic rings. The van der Waals surface area contributed by atoms with E-state index in [1.807, 2.05) is 6.07 Å². The smallest absolute Gasteiger partial charge is 0.245 e. The van der Waals surface area contributed by atoms with Crippen molar-refractivity contribution < 1.29 is 14.3 Å². The number of rotatable bonds is 8. The molecule has 2 saturated carbocycles. The fourth-order valence-electron chi connectivity index (χ4n) is 4.24. The number of pyridine rings is 1. The van der Waals surface area contributed by atoms with Crippen LogP contribution in [0.25, 0.3) is 0 Å². The van der Waals surface area contributed by atoms with Gasteiger partial charge in [0.15, 0.2) is 11.6 Å². The number of carbonyl (C=O) groups excluding carboxylic acids is 2. The van der Waals surface area contributed by atoms with Crippen LogP contribution in [0.15, 0.2) is 18.3 Å². The maximum atomic E-state index is 12.2. The molecule has 0 spiro atoms. The van der Waals surface area contributed by atoms with Crippen molar-refractivity contribution in [3.63, 3.8) is 0 Å². The Hall–Kier alpha value is -2.11. The third-order valence-electron chi connectivity index (χ3n) is 5.87. The van der Waals surface area contributed by atoms with E-state index in [1.54, 1.807) is 12.3 Å². The van der Waals surface area contributed by atoms with Gasteiger partial charge in [0.1, 0.15) is 0 Å². The van der Waals surface area contributed by atoms with E-state index >= 15 is 0 Å². The van der Waals surface area contributed by atoms with Gasteiger partial charge in [-0.25, -0.2) is 4.98 Å². The third kappa shape index (κ3) is 6.80. The number of amides is 2. The average molecular weight is 388 g/mol. The molecule has 2 aliphatic carbocycles. The summed E-state index contributed by atoms with van der Waals surface area (Å²) in [7, 11) is 0. The molecule has 2 N–H and O–H groups in total. The lowest BCUT2D eigenvalue weighted by Crippen LogP contribution is -2.34. The van der Waals surface area contributed by atoms with Crippen LogP contribution in [0.3, 0.4) is 0 Å². The second kappa shape index (κ2) is 11.0. The van der Waals surface area contributed by atoms with Gasteiger partial charge in [0.25, 0.3) is 0 Å². The number of nitrogens with one attached hydrogen (secondary N) is 2. The van der Waals surface area contributed by atoms with Crippen LogP contribution in [0.2, 0.25) is 0 Å². The van der Waals surface area contributed by atoms with E-state index in [-0.39, 0.29) is 18.4 Å². The highest BCUT2D eigenvalue weighted by molar-refractivity contribution is 5.94. The Morgan fingerprint density at radius 3 is 2.36 bits per heavy atom. The van der Waals surface area contributed by atoms with Crippen molar-refractivity contribution >= 4 is 17.6 Å². The first-order chi connectivity index (χ1) is 13.7. The van der Waals surface area contributed by atoms with Crippen LogP contribution in [-0.2, 0) is 9.59 Å². The quantitative estimate of drug-likeness (QED) is 0.705. The Labute approximate surface area is 167 Å². The number of anilines is 1. The molecule has 0 unspecified atom stereocenters. The van der Waals surface area contributed by atoms with E-state index in [1.165, 1.54) is 51.4 Å². The van der Waals surface area contributed by atoms with Crippen molar-refractivity contribution in [3.05, 3.63) is 18.3 Å². The van der Waals surface area contributed by atoms with Crippen molar-refractivity contribution in [1.29, 1.82) is 0 Å². The first-order valence-electron chi connectivity index (χ1n) is 10.8. The lowest BCUT2D eigenvalue weighted by Gasteiger charge is -2.22. The molecule has 1 aromatic heterocycles. The Balaban J connectivity index is 1.42. The highest BCUT2D eigenvalue weighted by Crippen LogP contribution is 2.27. The number of hydrogen-bond donors (Lipinski definition) is 2. The SMILES string of the molecule is O=C(CC1CCCCC1)NCC(=O)Nc1ncccc1OCC1CCCCC1. The van der Waals surface area contributed by atoms with Crippen molar-refractivity contribution in [2.24, 2.45) is 11.8 Å². The Kier molecular flexibility index (Phi) is 8.12. The van der Waals surface area contributed by atoms with E-state index < -0.39 is 0 Å². The molecular formula is C22H33N3O3. The third-order valence-corrected chi connectivity index (χ3v) is 5.87. The fraction of sp³-hybridized carbons (Fsp3) is 0.682. The van der Waals surface area contributed by atoms with Crippen LogP contribution in [0, 0.1) is 11.8 Å². The number of carbonyl (C=O) groups is 2. The largest absolute Gasteiger partial charge is 0.489 e. The Morgan fingerprint density at radius 2 is 1.64 bits per heavy atom. The summed E-state index contributed by atoms with van der Waals surface area (Å²) >= 11 is 0. The maximum Gasteiger partial charge on any atom is 0.245 e. The van der Waals surface area contributed by atoms with Gasteiger partial charge >= 0.3 is 0 Å². The Morgan fingerprint density at radius 1 is 0.964 bits per heavy atom. The summed E-state index contributed by atoms with van der Waals surface area (Å²) in [6.45, 7) is 0.622.